The van der Waals surface area contributed by atoms with Gasteiger partial charge in [-0.05, 0) is 35.2 Å². The number of rotatable bonds is 5. The maximum absolute atomic E-state index is 5.85. The number of nitrogens with zero attached hydrogens (tertiary/aromatic N) is 2. The highest BCUT2D eigenvalue weighted by molar-refractivity contribution is 8.00. The second-order valence-corrected chi connectivity index (χ2v) is 5.86. The number of nitrogens with two attached hydrogens (primary N) is 1. The van der Waals surface area contributed by atoms with Gasteiger partial charge in [-0.15, -0.1) is 22.0 Å². The van der Waals surface area contributed by atoms with E-state index >= 15 is 0 Å². The molecule has 2 N–H and O–H groups in total. The van der Waals surface area contributed by atoms with Crippen LogP contribution in [0.5, 0.6) is 0 Å². The van der Waals surface area contributed by atoms with Crippen molar-refractivity contribution in [2.24, 2.45) is 5.73 Å². The van der Waals surface area contributed by atoms with Crippen LogP contribution in [0.3, 0.4) is 0 Å². The lowest BCUT2D eigenvalue weighted by molar-refractivity contribution is 0.429. The van der Waals surface area contributed by atoms with Crippen molar-refractivity contribution in [3.63, 3.8) is 0 Å². The van der Waals surface area contributed by atoms with Crippen LogP contribution in [0.2, 0.25) is 0 Å². The van der Waals surface area contributed by atoms with Gasteiger partial charge in [-0.1, -0.05) is 13.0 Å². The smallest absolute Gasteiger partial charge is 0.281 e. The number of hydrogen-bond donors (Lipinski definition) is 1. The standard InChI is InChI=1S/C12H15N3OS2/c1-3-17-10-5-4-6-11(9(10)7-13)18-12-15-14-8(2)16-12/h4-6H,3,7,13H2,1-2H3. The van der Waals surface area contributed by atoms with Crippen molar-refractivity contribution in [3.05, 3.63) is 29.7 Å². The number of thioether (sulfide) groups is 1. The molecule has 0 aliphatic heterocycles. The van der Waals surface area contributed by atoms with Crippen molar-refractivity contribution < 1.29 is 4.42 Å². The Labute approximate surface area is 115 Å². The molecular formula is C12H15N3OS2. The van der Waals surface area contributed by atoms with Crippen molar-refractivity contribution in [2.75, 3.05) is 5.75 Å². The third-order valence-corrected chi connectivity index (χ3v) is 4.22. The molecule has 0 aliphatic rings. The Bertz CT molecular complexity index is 528. The molecular weight excluding hydrogens is 266 g/mol. The van der Waals surface area contributed by atoms with Crippen molar-refractivity contribution in [2.45, 2.75) is 35.4 Å². The second-order valence-electron chi connectivity index (χ2n) is 3.56. The topological polar surface area (TPSA) is 64.9 Å². The Morgan fingerprint density at radius 3 is 2.67 bits per heavy atom. The highest BCUT2D eigenvalue weighted by Gasteiger charge is 2.11. The molecule has 0 amide bonds. The largest absolute Gasteiger partial charge is 0.416 e. The minimum atomic E-state index is 0.513. The summed E-state index contributed by atoms with van der Waals surface area (Å²) in [5.74, 6) is 1.60. The molecule has 4 nitrogen and oxygen atoms in total. The molecule has 0 atom stereocenters. The van der Waals surface area contributed by atoms with E-state index < -0.39 is 0 Å². The first kappa shape index (κ1) is 13.5. The number of aromatic nitrogens is 2. The van der Waals surface area contributed by atoms with Gasteiger partial charge in [0.2, 0.25) is 5.89 Å². The quantitative estimate of drug-likeness (QED) is 0.850. The first-order valence-electron chi connectivity index (χ1n) is 5.67. The Balaban J connectivity index is 2.29. The lowest BCUT2D eigenvalue weighted by Crippen LogP contribution is -2.00. The first-order chi connectivity index (χ1) is 8.74. The molecule has 18 heavy (non-hydrogen) atoms. The van der Waals surface area contributed by atoms with E-state index in [0.29, 0.717) is 17.7 Å². The van der Waals surface area contributed by atoms with E-state index in [1.807, 2.05) is 12.1 Å². The molecule has 0 bridgehead atoms. The van der Waals surface area contributed by atoms with Crippen molar-refractivity contribution in [1.82, 2.24) is 10.2 Å². The minimum Gasteiger partial charge on any atom is -0.416 e. The molecule has 0 spiro atoms. The van der Waals surface area contributed by atoms with E-state index in [-0.39, 0.29) is 0 Å². The summed E-state index contributed by atoms with van der Waals surface area (Å²) in [6, 6.07) is 6.16. The van der Waals surface area contributed by atoms with E-state index in [0.717, 1.165) is 16.2 Å². The molecule has 1 aromatic carbocycles. The van der Waals surface area contributed by atoms with Gasteiger partial charge in [0, 0.05) is 23.3 Å². The van der Waals surface area contributed by atoms with Crippen LogP contribution in [-0.2, 0) is 6.54 Å². The van der Waals surface area contributed by atoms with Gasteiger partial charge in [0.1, 0.15) is 0 Å². The van der Waals surface area contributed by atoms with Crippen LogP contribution in [0.25, 0.3) is 0 Å². The maximum Gasteiger partial charge on any atom is 0.281 e. The number of aryl methyl sites for hydroxylation is 1. The minimum absolute atomic E-state index is 0.513. The molecule has 0 fully saturated rings. The zero-order valence-electron chi connectivity index (χ0n) is 10.3. The third kappa shape index (κ3) is 3.07. The number of hydrogen-bond acceptors (Lipinski definition) is 6. The summed E-state index contributed by atoms with van der Waals surface area (Å²) >= 11 is 3.26. The Kier molecular flexibility index (Phi) is 4.68. The summed E-state index contributed by atoms with van der Waals surface area (Å²) < 4.78 is 5.38. The molecule has 0 saturated carbocycles. The summed E-state index contributed by atoms with van der Waals surface area (Å²) in [5, 5.41) is 8.37. The van der Waals surface area contributed by atoms with Gasteiger partial charge in [-0.25, -0.2) is 0 Å². The summed E-state index contributed by atoms with van der Waals surface area (Å²) in [6.45, 7) is 4.43. The molecule has 2 aromatic rings. The van der Waals surface area contributed by atoms with Gasteiger partial charge in [0.15, 0.2) is 0 Å². The molecule has 0 radical (unpaired) electrons. The van der Waals surface area contributed by atoms with Crippen molar-refractivity contribution in [1.29, 1.82) is 0 Å². The molecule has 2 rings (SSSR count). The van der Waals surface area contributed by atoms with E-state index in [2.05, 4.69) is 23.2 Å². The first-order valence-corrected chi connectivity index (χ1v) is 7.47. The Hall–Kier alpha value is -0.980. The third-order valence-electron chi connectivity index (χ3n) is 2.30. The van der Waals surface area contributed by atoms with E-state index in [9.17, 15) is 0 Å². The van der Waals surface area contributed by atoms with Crippen LogP contribution in [-0.4, -0.2) is 16.0 Å². The monoisotopic (exact) mass is 281 g/mol. The highest BCUT2D eigenvalue weighted by atomic mass is 32.2. The summed E-state index contributed by atoms with van der Waals surface area (Å²) in [7, 11) is 0. The fraction of sp³-hybridized carbons (Fsp3) is 0.333. The molecule has 0 unspecified atom stereocenters. The predicted octanol–water partition coefficient (Wildman–Crippen LogP) is 3.10. The molecule has 1 aromatic heterocycles. The normalized spacial score (nSPS) is 10.8. The van der Waals surface area contributed by atoms with E-state index in [1.165, 1.54) is 16.7 Å². The predicted molar refractivity (Wildman–Crippen MR) is 73.9 cm³/mol. The van der Waals surface area contributed by atoms with Crippen LogP contribution >= 0.6 is 23.5 Å². The summed E-state index contributed by atoms with van der Waals surface area (Å²) in [5.41, 5.74) is 6.99. The van der Waals surface area contributed by atoms with Gasteiger partial charge in [0.25, 0.3) is 5.22 Å². The zero-order valence-corrected chi connectivity index (χ0v) is 12.0. The lowest BCUT2D eigenvalue weighted by atomic mass is 10.2. The van der Waals surface area contributed by atoms with Crippen LogP contribution in [0.15, 0.2) is 37.6 Å². The van der Waals surface area contributed by atoms with Gasteiger partial charge in [-0.3, -0.25) is 0 Å². The average molecular weight is 281 g/mol. The highest BCUT2D eigenvalue weighted by Crippen LogP contribution is 2.34. The van der Waals surface area contributed by atoms with Crippen molar-refractivity contribution in [3.8, 4) is 0 Å². The SMILES string of the molecule is CCSc1cccc(Sc2nnc(C)o2)c1CN. The van der Waals surface area contributed by atoms with E-state index in [1.54, 1.807) is 18.7 Å². The van der Waals surface area contributed by atoms with Gasteiger partial charge < -0.3 is 10.2 Å². The van der Waals surface area contributed by atoms with Crippen molar-refractivity contribution >= 4 is 23.5 Å². The second kappa shape index (κ2) is 6.26. The molecule has 1 heterocycles. The maximum atomic E-state index is 5.85. The van der Waals surface area contributed by atoms with Crippen LogP contribution < -0.4 is 5.73 Å². The van der Waals surface area contributed by atoms with E-state index in [4.69, 9.17) is 10.2 Å². The van der Waals surface area contributed by atoms with Gasteiger partial charge in [-0.2, -0.15) is 0 Å². The summed E-state index contributed by atoms with van der Waals surface area (Å²) in [6.07, 6.45) is 0. The fourth-order valence-electron chi connectivity index (χ4n) is 1.55. The van der Waals surface area contributed by atoms with Crippen LogP contribution in [0.4, 0.5) is 0 Å². The van der Waals surface area contributed by atoms with Crippen LogP contribution in [0, 0.1) is 6.92 Å². The molecule has 0 aliphatic carbocycles. The number of benzene rings is 1. The Morgan fingerprint density at radius 1 is 1.28 bits per heavy atom. The molecule has 0 saturated heterocycles. The van der Waals surface area contributed by atoms with Gasteiger partial charge in [0.05, 0.1) is 0 Å². The van der Waals surface area contributed by atoms with Gasteiger partial charge >= 0.3 is 0 Å². The van der Waals surface area contributed by atoms with Crippen LogP contribution in [0.1, 0.15) is 18.4 Å². The zero-order chi connectivity index (χ0) is 13.0. The molecule has 6 heteroatoms. The Morgan fingerprint density at radius 2 is 2.06 bits per heavy atom. The fourth-order valence-corrected chi connectivity index (χ4v) is 3.36. The molecule has 96 valence electrons. The summed E-state index contributed by atoms with van der Waals surface area (Å²) in [4.78, 5) is 2.31. The average Bonchev–Trinajstić information content (AvgIpc) is 2.76. The lowest BCUT2D eigenvalue weighted by Gasteiger charge is -2.10.